The summed E-state index contributed by atoms with van der Waals surface area (Å²) in [5.41, 5.74) is 1.59. The lowest BCUT2D eigenvalue weighted by atomic mass is 9.84. The number of halogens is 1. The first-order valence-electron chi connectivity index (χ1n) is 6.77. The third-order valence-corrected chi connectivity index (χ3v) is 4.87. The van der Waals surface area contributed by atoms with Gasteiger partial charge in [0, 0.05) is 34.4 Å². The summed E-state index contributed by atoms with van der Waals surface area (Å²) >= 11 is 7.65. The maximum absolute atomic E-state index is 12.8. The van der Waals surface area contributed by atoms with Gasteiger partial charge in [-0.25, -0.2) is 0 Å². The van der Waals surface area contributed by atoms with E-state index < -0.39 is 0 Å². The number of benzene rings is 2. The van der Waals surface area contributed by atoms with Crippen LogP contribution in [0.25, 0.3) is 0 Å². The van der Waals surface area contributed by atoms with E-state index in [0.29, 0.717) is 39.6 Å². The van der Waals surface area contributed by atoms with E-state index in [1.807, 2.05) is 6.07 Å². The van der Waals surface area contributed by atoms with Crippen molar-refractivity contribution in [2.45, 2.75) is 4.90 Å². The van der Waals surface area contributed by atoms with Crippen LogP contribution in [-0.2, 0) is 4.74 Å². The number of rotatable bonds is 4. The van der Waals surface area contributed by atoms with Gasteiger partial charge in [-0.3, -0.25) is 9.59 Å². The summed E-state index contributed by atoms with van der Waals surface area (Å²) in [5, 5.41) is 0.318. The molecule has 1 aliphatic carbocycles. The predicted octanol–water partition coefficient (Wildman–Crippen LogP) is 3.85. The molecule has 0 amide bonds. The summed E-state index contributed by atoms with van der Waals surface area (Å²) in [7, 11) is 1.63. The molecule has 22 heavy (non-hydrogen) atoms. The Labute approximate surface area is 137 Å². The van der Waals surface area contributed by atoms with E-state index >= 15 is 0 Å². The highest BCUT2D eigenvalue weighted by molar-refractivity contribution is 7.99. The molecule has 3 rings (SSSR count). The first-order chi connectivity index (χ1) is 10.6. The van der Waals surface area contributed by atoms with Gasteiger partial charge in [0.05, 0.1) is 17.2 Å². The Morgan fingerprint density at radius 1 is 1.00 bits per heavy atom. The number of hydrogen-bond acceptors (Lipinski definition) is 4. The number of hydrogen-bond donors (Lipinski definition) is 0. The van der Waals surface area contributed by atoms with Crippen LogP contribution in [0.1, 0.15) is 31.8 Å². The van der Waals surface area contributed by atoms with Crippen LogP contribution in [0.5, 0.6) is 0 Å². The number of carbonyl (C=O) groups excluding carboxylic acids is 2. The van der Waals surface area contributed by atoms with Gasteiger partial charge in [-0.05, 0) is 12.1 Å². The first-order valence-corrected chi connectivity index (χ1v) is 8.14. The Bertz CT molecular complexity index is 770. The normalized spacial score (nSPS) is 13.0. The Morgan fingerprint density at radius 2 is 1.68 bits per heavy atom. The van der Waals surface area contributed by atoms with E-state index in [2.05, 4.69) is 0 Å². The average Bonchev–Trinajstić information content (AvgIpc) is 2.52. The number of fused-ring (bicyclic) bond motifs is 2. The maximum Gasteiger partial charge on any atom is 0.197 e. The molecule has 0 saturated carbocycles. The monoisotopic (exact) mass is 332 g/mol. The van der Waals surface area contributed by atoms with Crippen LogP contribution in [0.3, 0.4) is 0 Å². The molecule has 0 aliphatic heterocycles. The summed E-state index contributed by atoms with van der Waals surface area (Å²) in [6.45, 7) is 0.577. The van der Waals surface area contributed by atoms with Crippen molar-refractivity contribution in [3.8, 4) is 0 Å². The summed E-state index contributed by atoms with van der Waals surface area (Å²) in [6.07, 6.45) is 0. The molecule has 5 heteroatoms. The number of ketones is 2. The van der Waals surface area contributed by atoms with Crippen LogP contribution >= 0.6 is 23.4 Å². The molecule has 0 fully saturated rings. The van der Waals surface area contributed by atoms with Gasteiger partial charge in [0.25, 0.3) is 0 Å². The van der Waals surface area contributed by atoms with Crippen molar-refractivity contribution in [1.82, 2.24) is 0 Å². The van der Waals surface area contributed by atoms with Crippen molar-refractivity contribution in [2.75, 3.05) is 19.5 Å². The van der Waals surface area contributed by atoms with Crippen molar-refractivity contribution in [3.63, 3.8) is 0 Å². The lowest BCUT2D eigenvalue weighted by molar-refractivity contribution is 0.0977. The lowest BCUT2D eigenvalue weighted by Gasteiger charge is -2.20. The molecule has 0 bridgehead atoms. The van der Waals surface area contributed by atoms with E-state index in [1.54, 1.807) is 37.4 Å². The number of ether oxygens (including phenoxy) is 1. The van der Waals surface area contributed by atoms with Crippen LogP contribution in [0.4, 0.5) is 0 Å². The van der Waals surface area contributed by atoms with Gasteiger partial charge in [0.15, 0.2) is 11.6 Å². The molecule has 0 atom stereocenters. The lowest BCUT2D eigenvalue weighted by Crippen LogP contribution is -2.22. The Kier molecular flexibility index (Phi) is 4.34. The molecule has 0 unspecified atom stereocenters. The number of methoxy groups -OCH3 is 1. The second-order valence-electron chi connectivity index (χ2n) is 4.84. The van der Waals surface area contributed by atoms with Crippen LogP contribution in [0, 0.1) is 0 Å². The van der Waals surface area contributed by atoms with Crippen LogP contribution in [0.2, 0.25) is 5.02 Å². The van der Waals surface area contributed by atoms with Gasteiger partial charge in [0.1, 0.15) is 0 Å². The number of thioether (sulfide) groups is 1. The highest BCUT2D eigenvalue weighted by Gasteiger charge is 2.33. The van der Waals surface area contributed by atoms with E-state index in [-0.39, 0.29) is 11.6 Å². The van der Waals surface area contributed by atoms with E-state index in [1.165, 1.54) is 11.8 Å². The zero-order valence-corrected chi connectivity index (χ0v) is 13.5. The van der Waals surface area contributed by atoms with E-state index in [0.717, 1.165) is 4.90 Å². The molecule has 0 spiro atoms. The molecule has 1 aliphatic rings. The number of carbonyl (C=O) groups is 2. The van der Waals surface area contributed by atoms with Gasteiger partial charge in [-0.1, -0.05) is 35.9 Å². The fraction of sp³-hybridized carbons (Fsp3) is 0.176. The Morgan fingerprint density at radius 3 is 2.41 bits per heavy atom. The quantitative estimate of drug-likeness (QED) is 0.537. The van der Waals surface area contributed by atoms with E-state index in [4.69, 9.17) is 16.3 Å². The molecule has 0 heterocycles. The Balaban J connectivity index is 2.12. The molecule has 2 aromatic rings. The molecular weight excluding hydrogens is 320 g/mol. The minimum Gasteiger partial charge on any atom is -0.384 e. The summed E-state index contributed by atoms with van der Waals surface area (Å²) in [4.78, 5) is 26.3. The predicted molar refractivity (Wildman–Crippen MR) is 87.4 cm³/mol. The fourth-order valence-electron chi connectivity index (χ4n) is 2.52. The third-order valence-electron chi connectivity index (χ3n) is 3.53. The minimum atomic E-state index is -0.185. The maximum atomic E-state index is 12.8. The van der Waals surface area contributed by atoms with Crippen molar-refractivity contribution in [2.24, 2.45) is 0 Å². The van der Waals surface area contributed by atoms with Gasteiger partial charge < -0.3 is 4.74 Å². The highest BCUT2D eigenvalue weighted by Crippen LogP contribution is 2.36. The molecule has 3 nitrogen and oxygen atoms in total. The molecule has 0 saturated heterocycles. The molecular formula is C17H13ClO3S. The minimum absolute atomic E-state index is 0.152. The zero-order chi connectivity index (χ0) is 15.7. The molecule has 0 aromatic heterocycles. The SMILES string of the molecule is COCCSc1cccc2c1C(=O)c1c(Cl)cccc1C2=O. The van der Waals surface area contributed by atoms with Gasteiger partial charge >= 0.3 is 0 Å². The zero-order valence-electron chi connectivity index (χ0n) is 11.9. The van der Waals surface area contributed by atoms with Gasteiger partial charge in [0.2, 0.25) is 0 Å². The summed E-state index contributed by atoms with van der Waals surface area (Å²) < 4.78 is 5.04. The Hall–Kier alpha value is -1.62. The fourth-order valence-corrected chi connectivity index (χ4v) is 3.78. The second kappa shape index (κ2) is 6.24. The standard InChI is InChI=1S/C17H13ClO3S/c1-21-8-9-22-13-7-3-5-11-15(13)17(20)14-10(16(11)19)4-2-6-12(14)18/h2-7H,8-9H2,1H3. The molecule has 0 N–H and O–H groups in total. The van der Waals surface area contributed by atoms with Crippen LogP contribution < -0.4 is 0 Å². The molecule has 2 aromatic carbocycles. The molecule has 0 radical (unpaired) electrons. The third kappa shape index (κ3) is 2.47. The van der Waals surface area contributed by atoms with Crippen LogP contribution in [0.15, 0.2) is 41.3 Å². The highest BCUT2D eigenvalue weighted by atomic mass is 35.5. The van der Waals surface area contributed by atoms with Crippen LogP contribution in [-0.4, -0.2) is 31.0 Å². The van der Waals surface area contributed by atoms with Crippen molar-refractivity contribution < 1.29 is 14.3 Å². The second-order valence-corrected chi connectivity index (χ2v) is 6.38. The average molecular weight is 333 g/mol. The summed E-state index contributed by atoms with van der Waals surface area (Å²) in [5.74, 6) is 0.376. The van der Waals surface area contributed by atoms with Crippen molar-refractivity contribution in [1.29, 1.82) is 0 Å². The summed E-state index contributed by atoms with van der Waals surface area (Å²) in [6, 6.07) is 10.3. The largest absolute Gasteiger partial charge is 0.384 e. The molecule has 112 valence electrons. The van der Waals surface area contributed by atoms with Gasteiger partial charge in [-0.2, -0.15) is 0 Å². The smallest absolute Gasteiger partial charge is 0.197 e. The topological polar surface area (TPSA) is 43.4 Å². The van der Waals surface area contributed by atoms with Gasteiger partial charge in [-0.15, -0.1) is 11.8 Å². The first kappa shape index (κ1) is 15.3. The van der Waals surface area contributed by atoms with Crippen molar-refractivity contribution >= 4 is 34.9 Å². The van der Waals surface area contributed by atoms with E-state index in [9.17, 15) is 9.59 Å². The van der Waals surface area contributed by atoms with Crippen molar-refractivity contribution in [3.05, 3.63) is 63.7 Å².